The van der Waals surface area contributed by atoms with Crippen molar-refractivity contribution < 1.29 is 19.2 Å². The van der Waals surface area contributed by atoms with Crippen molar-refractivity contribution in [2.45, 2.75) is 31.5 Å². The quantitative estimate of drug-likeness (QED) is 0.702. The maximum absolute atomic E-state index is 13.2. The van der Waals surface area contributed by atoms with E-state index in [0.717, 1.165) is 11.1 Å². The summed E-state index contributed by atoms with van der Waals surface area (Å²) < 4.78 is 0. The first-order valence-electron chi connectivity index (χ1n) is 9.76. The summed E-state index contributed by atoms with van der Waals surface area (Å²) in [5.74, 6) is -1.52. The fourth-order valence-electron chi connectivity index (χ4n) is 3.93. The molecule has 2 aliphatic heterocycles. The van der Waals surface area contributed by atoms with Crippen LogP contribution in [0.3, 0.4) is 0 Å². The summed E-state index contributed by atoms with van der Waals surface area (Å²) in [6, 6.07) is 12.6. The molecule has 4 rings (SSSR count). The Morgan fingerprint density at radius 3 is 2.53 bits per heavy atom. The third-order valence-corrected chi connectivity index (χ3v) is 5.55. The van der Waals surface area contributed by atoms with Gasteiger partial charge in [-0.1, -0.05) is 36.4 Å². The second-order valence-corrected chi connectivity index (χ2v) is 7.39. The highest BCUT2D eigenvalue weighted by Gasteiger charge is 2.37. The van der Waals surface area contributed by atoms with E-state index >= 15 is 0 Å². The minimum Gasteiger partial charge on any atom is -0.357 e. The third kappa shape index (κ3) is 3.63. The molecule has 0 spiro atoms. The topological polar surface area (TPSA) is 108 Å². The van der Waals surface area contributed by atoms with Crippen molar-refractivity contribution in [3.63, 3.8) is 0 Å². The molecule has 3 N–H and O–H groups in total. The van der Waals surface area contributed by atoms with E-state index in [1.54, 1.807) is 24.3 Å². The molecule has 0 bridgehead atoms. The summed E-state index contributed by atoms with van der Waals surface area (Å²) in [5.41, 5.74) is 2.74. The number of amides is 4. The van der Waals surface area contributed by atoms with E-state index in [9.17, 15) is 19.2 Å². The molecule has 154 valence electrons. The predicted molar refractivity (Wildman–Crippen MR) is 109 cm³/mol. The van der Waals surface area contributed by atoms with Crippen molar-refractivity contribution in [1.29, 1.82) is 0 Å². The number of carbonyl (C=O) groups excluding carboxylic acids is 4. The highest BCUT2D eigenvalue weighted by Crippen LogP contribution is 2.25. The predicted octanol–water partition coefficient (Wildman–Crippen LogP) is 0.827. The molecule has 4 amide bonds. The van der Waals surface area contributed by atoms with E-state index in [4.69, 9.17) is 0 Å². The fraction of sp³-hybridized carbons (Fsp3) is 0.273. The molecule has 2 aromatic rings. The minimum absolute atomic E-state index is 0.235. The Morgan fingerprint density at radius 1 is 1.07 bits per heavy atom. The van der Waals surface area contributed by atoms with Gasteiger partial charge in [-0.05, 0) is 23.3 Å². The Bertz CT molecular complexity index is 1040. The van der Waals surface area contributed by atoms with Crippen LogP contribution in [0.2, 0.25) is 0 Å². The Hall–Kier alpha value is -3.68. The lowest BCUT2D eigenvalue weighted by Gasteiger charge is -2.36. The van der Waals surface area contributed by atoms with Crippen LogP contribution in [0.15, 0.2) is 48.5 Å². The summed E-state index contributed by atoms with van der Waals surface area (Å²) in [5, 5.41) is 7.94. The van der Waals surface area contributed by atoms with Crippen LogP contribution in [-0.2, 0) is 27.3 Å². The number of rotatable bonds is 3. The van der Waals surface area contributed by atoms with Gasteiger partial charge in [-0.3, -0.25) is 19.2 Å². The molecule has 2 heterocycles. The molecule has 0 saturated carbocycles. The number of carbonyl (C=O) groups is 4. The molecular weight excluding hydrogens is 384 g/mol. The number of hydrogen-bond donors (Lipinski definition) is 3. The average molecular weight is 406 g/mol. The van der Waals surface area contributed by atoms with Gasteiger partial charge in [0.1, 0.15) is 12.1 Å². The SMILES string of the molecule is CNC(=O)C1Cc2ccccc2CN1C(=O)C[C@H]1NC(=O)c2ccccc2NC1=O. The zero-order valence-electron chi connectivity index (χ0n) is 16.5. The van der Waals surface area contributed by atoms with Gasteiger partial charge >= 0.3 is 0 Å². The molecule has 30 heavy (non-hydrogen) atoms. The molecule has 0 aliphatic carbocycles. The van der Waals surface area contributed by atoms with Gasteiger partial charge in [0, 0.05) is 20.0 Å². The first-order valence-corrected chi connectivity index (χ1v) is 9.76. The van der Waals surface area contributed by atoms with Crippen molar-refractivity contribution in [3.8, 4) is 0 Å². The van der Waals surface area contributed by atoms with Crippen LogP contribution in [-0.4, -0.2) is 47.7 Å². The summed E-state index contributed by atoms with van der Waals surface area (Å²) in [7, 11) is 1.53. The summed E-state index contributed by atoms with van der Waals surface area (Å²) >= 11 is 0. The number of para-hydroxylation sites is 1. The van der Waals surface area contributed by atoms with Gasteiger partial charge in [0.25, 0.3) is 5.91 Å². The van der Waals surface area contributed by atoms with E-state index in [1.807, 2.05) is 24.3 Å². The van der Waals surface area contributed by atoms with Gasteiger partial charge in [0.2, 0.25) is 17.7 Å². The van der Waals surface area contributed by atoms with Crippen molar-refractivity contribution >= 4 is 29.3 Å². The first-order chi connectivity index (χ1) is 14.5. The number of likely N-dealkylation sites (N-methyl/N-ethyl adjacent to an activating group) is 1. The lowest BCUT2D eigenvalue weighted by molar-refractivity contribution is -0.142. The summed E-state index contributed by atoms with van der Waals surface area (Å²) in [4.78, 5) is 52.2. The molecule has 2 aromatic carbocycles. The fourth-order valence-corrected chi connectivity index (χ4v) is 3.93. The highest BCUT2D eigenvalue weighted by molar-refractivity contribution is 6.10. The largest absolute Gasteiger partial charge is 0.357 e. The van der Waals surface area contributed by atoms with Crippen LogP contribution in [0.1, 0.15) is 27.9 Å². The number of anilines is 1. The molecule has 0 saturated heterocycles. The van der Waals surface area contributed by atoms with Gasteiger partial charge in [0.05, 0.1) is 17.7 Å². The maximum atomic E-state index is 13.2. The second-order valence-electron chi connectivity index (χ2n) is 7.39. The Labute approximate surface area is 173 Å². The van der Waals surface area contributed by atoms with Gasteiger partial charge in [0.15, 0.2) is 0 Å². The van der Waals surface area contributed by atoms with Crippen LogP contribution in [0, 0.1) is 0 Å². The zero-order valence-corrected chi connectivity index (χ0v) is 16.5. The lowest BCUT2D eigenvalue weighted by Crippen LogP contribution is -2.54. The zero-order chi connectivity index (χ0) is 21.3. The average Bonchev–Trinajstić information content (AvgIpc) is 2.88. The molecule has 0 radical (unpaired) electrons. The highest BCUT2D eigenvalue weighted by atomic mass is 16.2. The number of benzene rings is 2. The molecule has 2 aliphatic rings. The molecule has 1 unspecified atom stereocenters. The molecule has 0 fully saturated rings. The second kappa shape index (κ2) is 7.98. The molecule has 8 nitrogen and oxygen atoms in total. The van der Waals surface area contributed by atoms with E-state index < -0.39 is 23.9 Å². The maximum Gasteiger partial charge on any atom is 0.254 e. The Balaban J connectivity index is 1.55. The van der Waals surface area contributed by atoms with E-state index in [-0.39, 0.29) is 24.8 Å². The minimum atomic E-state index is -1.03. The Morgan fingerprint density at radius 2 is 1.77 bits per heavy atom. The third-order valence-electron chi connectivity index (χ3n) is 5.55. The van der Waals surface area contributed by atoms with Crippen LogP contribution in [0.25, 0.3) is 0 Å². The van der Waals surface area contributed by atoms with Crippen molar-refractivity contribution in [2.24, 2.45) is 0 Å². The Kier molecular flexibility index (Phi) is 5.22. The smallest absolute Gasteiger partial charge is 0.254 e. The van der Waals surface area contributed by atoms with Crippen LogP contribution < -0.4 is 16.0 Å². The first kappa shape index (κ1) is 19.6. The summed E-state index contributed by atoms with van der Waals surface area (Å²) in [6.07, 6.45) is 0.164. The number of nitrogens with zero attached hydrogens (tertiary/aromatic N) is 1. The van der Waals surface area contributed by atoms with Crippen LogP contribution in [0.4, 0.5) is 5.69 Å². The van der Waals surface area contributed by atoms with Gasteiger partial charge in [-0.15, -0.1) is 0 Å². The normalized spacial score (nSPS) is 20.2. The van der Waals surface area contributed by atoms with Crippen LogP contribution in [0.5, 0.6) is 0 Å². The number of fused-ring (bicyclic) bond motifs is 2. The van der Waals surface area contributed by atoms with E-state index in [0.29, 0.717) is 17.7 Å². The number of hydrogen-bond acceptors (Lipinski definition) is 4. The van der Waals surface area contributed by atoms with Crippen LogP contribution >= 0.6 is 0 Å². The monoisotopic (exact) mass is 406 g/mol. The van der Waals surface area contributed by atoms with E-state index in [1.165, 1.54) is 11.9 Å². The standard InChI is InChI=1S/C22H22N4O4/c1-23-22(30)18-10-13-6-2-3-7-14(13)12-26(18)19(27)11-17-21(29)24-16-9-5-4-8-15(16)20(28)25-17/h2-9,17-18H,10-12H2,1H3,(H,23,30)(H,24,29)(H,25,28)/t17-,18?/m1/s1. The molecule has 0 aromatic heterocycles. The van der Waals surface area contributed by atoms with Gasteiger partial charge in [-0.2, -0.15) is 0 Å². The number of nitrogens with one attached hydrogen (secondary N) is 3. The van der Waals surface area contributed by atoms with Crippen molar-refractivity contribution in [1.82, 2.24) is 15.5 Å². The van der Waals surface area contributed by atoms with E-state index in [2.05, 4.69) is 16.0 Å². The lowest BCUT2D eigenvalue weighted by atomic mass is 9.93. The van der Waals surface area contributed by atoms with Crippen molar-refractivity contribution in [3.05, 3.63) is 65.2 Å². The summed E-state index contributed by atoms with van der Waals surface area (Å²) in [6.45, 7) is 0.273. The van der Waals surface area contributed by atoms with Gasteiger partial charge in [-0.25, -0.2) is 0 Å². The molecule has 8 heteroatoms. The van der Waals surface area contributed by atoms with Crippen molar-refractivity contribution in [2.75, 3.05) is 12.4 Å². The molecular formula is C22H22N4O4. The van der Waals surface area contributed by atoms with Gasteiger partial charge < -0.3 is 20.9 Å². The molecule has 2 atom stereocenters.